The van der Waals surface area contributed by atoms with Gasteiger partial charge in [0.1, 0.15) is 6.29 Å². The van der Waals surface area contributed by atoms with Crippen molar-refractivity contribution in [2.24, 2.45) is 0 Å². The summed E-state index contributed by atoms with van der Waals surface area (Å²) in [5, 5.41) is 9.91. The Morgan fingerprint density at radius 1 is 1.53 bits per heavy atom. The fourth-order valence-corrected chi connectivity index (χ4v) is 1.67. The standard InChI is InChI=1S/C14H14O4S/c1-3-18-13-8-11(9-15)7-12(14(13)17)5-4-6-19-10(2)16/h7-9,17H,3,6H2,1-2H3. The van der Waals surface area contributed by atoms with E-state index in [0.29, 0.717) is 29.8 Å². The first-order chi connectivity index (χ1) is 9.08. The number of hydrogen-bond donors (Lipinski definition) is 1. The third kappa shape index (κ3) is 4.68. The van der Waals surface area contributed by atoms with Crippen LogP contribution in [0.2, 0.25) is 0 Å². The molecule has 0 atom stereocenters. The van der Waals surface area contributed by atoms with Crippen molar-refractivity contribution in [2.45, 2.75) is 13.8 Å². The SMILES string of the molecule is CCOc1cc(C=O)cc(C#CCSC(C)=O)c1O. The molecule has 0 radical (unpaired) electrons. The van der Waals surface area contributed by atoms with Crippen LogP contribution in [0, 0.1) is 11.8 Å². The van der Waals surface area contributed by atoms with Gasteiger partial charge in [-0.2, -0.15) is 0 Å². The van der Waals surface area contributed by atoms with Crippen molar-refractivity contribution in [3.63, 3.8) is 0 Å². The summed E-state index contributed by atoms with van der Waals surface area (Å²) in [6.07, 6.45) is 0.664. The van der Waals surface area contributed by atoms with Crippen LogP contribution >= 0.6 is 11.8 Å². The number of carbonyl (C=O) groups is 2. The molecular formula is C14H14O4S. The first kappa shape index (κ1) is 15.1. The molecule has 1 rings (SSSR count). The van der Waals surface area contributed by atoms with Crippen LogP contribution in [0.5, 0.6) is 11.5 Å². The average Bonchev–Trinajstić information content (AvgIpc) is 2.38. The Balaban J connectivity index is 3.01. The lowest BCUT2D eigenvalue weighted by Gasteiger charge is -2.08. The molecule has 0 heterocycles. The molecule has 19 heavy (non-hydrogen) atoms. The lowest BCUT2D eigenvalue weighted by Crippen LogP contribution is -1.95. The summed E-state index contributed by atoms with van der Waals surface area (Å²) in [7, 11) is 0. The number of aromatic hydroxyl groups is 1. The molecule has 0 aliphatic carbocycles. The molecule has 5 heteroatoms. The van der Waals surface area contributed by atoms with E-state index in [0.717, 1.165) is 11.8 Å². The van der Waals surface area contributed by atoms with Crippen LogP contribution in [-0.4, -0.2) is 28.9 Å². The van der Waals surface area contributed by atoms with Crippen LogP contribution in [0.1, 0.15) is 29.8 Å². The van der Waals surface area contributed by atoms with Gasteiger partial charge in [-0.1, -0.05) is 23.6 Å². The van der Waals surface area contributed by atoms with Gasteiger partial charge in [0, 0.05) is 12.5 Å². The molecule has 0 saturated carbocycles. The Labute approximate surface area is 116 Å². The number of thioether (sulfide) groups is 1. The van der Waals surface area contributed by atoms with Gasteiger partial charge in [0.2, 0.25) is 0 Å². The largest absolute Gasteiger partial charge is 0.503 e. The highest BCUT2D eigenvalue weighted by Crippen LogP contribution is 2.30. The van der Waals surface area contributed by atoms with Gasteiger partial charge in [0.25, 0.3) is 0 Å². The number of carbonyl (C=O) groups excluding carboxylic acids is 2. The van der Waals surface area contributed by atoms with Crippen molar-refractivity contribution in [3.8, 4) is 23.3 Å². The van der Waals surface area contributed by atoms with Gasteiger partial charge in [0.05, 0.1) is 17.9 Å². The molecule has 0 aliphatic heterocycles. The molecule has 4 nitrogen and oxygen atoms in total. The minimum Gasteiger partial charge on any atom is -0.503 e. The number of rotatable bonds is 4. The molecule has 0 spiro atoms. The molecule has 0 unspecified atom stereocenters. The average molecular weight is 278 g/mol. The Morgan fingerprint density at radius 3 is 2.84 bits per heavy atom. The monoisotopic (exact) mass is 278 g/mol. The summed E-state index contributed by atoms with van der Waals surface area (Å²) in [5.74, 6) is 5.96. The van der Waals surface area contributed by atoms with Gasteiger partial charge >= 0.3 is 0 Å². The second kappa shape index (κ2) is 7.49. The Bertz CT molecular complexity index is 540. The van der Waals surface area contributed by atoms with E-state index in [1.54, 1.807) is 6.92 Å². The Morgan fingerprint density at radius 2 is 2.26 bits per heavy atom. The minimum absolute atomic E-state index is 0.0184. The van der Waals surface area contributed by atoms with E-state index in [2.05, 4.69) is 11.8 Å². The fourth-order valence-electron chi connectivity index (χ4n) is 1.33. The number of hydrogen-bond acceptors (Lipinski definition) is 5. The van der Waals surface area contributed by atoms with Gasteiger partial charge < -0.3 is 9.84 Å². The molecule has 1 aromatic rings. The summed E-state index contributed by atoms with van der Waals surface area (Å²) in [4.78, 5) is 21.6. The number of phenolic OH excluding ortho intramolecular Hbond substituents is 1. The molecule has 0 fully saturated rings. The number of phenols is 1. The predicted octanol–water partition coefficient (Wildman–Crippen LogP) is 2.23. The van der Waals surface area contributed by atoms with Gasteiger partial charge in [-0.05, 0) is 19.1 Å². The van der Waals surface area contributed by atoms with E-state index in [4.69, 9.17) is 4.74 Å². The zero-order valence-corrected chi connectivity index (χ0v) is 11.5. The number of aldehydes is 1. The van der Waals surface area contributed by atoms with Crippen LogP contribution in [0.4, 0.5) is 0 Å². The zero-order chi connectivity index (χ0) is 14.3. The lowest BCUT2D eigenvalue weighted by atomic mass is 10.1. The Hall–Kier alpha value is -1.93. The lowest BCUT2D eigenvalue weighted by molar-refractivity contribution is -0.109. The maximum Gasteiger partial charge on any atom is 0.186 e. The number of ether oxygens (including phenoxy) is 1. The van der Waals surface area contributed by atoms with E-state index in [1.165, 1.54) is 19.1 Å². The molecule has 0 aliphatic rings. The predicted molar refractivity (Wildman–Crippen MR) is 74.7 cm³/mol. The second-order valence-corrected chi connectivity index (χ2v) is 4.70. The van der Waals surface area contributed by atoms with Crippen LogP contribution < -0.4 is 4.74 Å². The third-order valence-corrected chi connectivity index (χ3v) is 2.80. The minimum atomic E-state index is -0.0900. The van der Waals surface area contributed by atoms with Crippen LogP contribution in [0.3, 0.4) is 0 Å². The molecule has 1 N–H and O–H groups in total. The normalized spacial score (nSPS) is 9.37. The summed E-state index contributed by atoms with van der Waals surface area (Å²) >= 11 is 1.09. The van der Waals surface area contributed by atoms with E-state index in [-0.39, 0.29) is 16.6 Å². The van der Waals surface area contributed by atoms with E-state index < -0.39 is 0 Å². The highest BCUT2D eigenvalue weighted by atomic mass is 32.2. The zero-order valence-electron chi connectivity index (χ0n) is 10.7. The van der Waals surface area contributed by atoms with Crippen molar-refractivity contribution < 1.29 is 19.4 Å². The fraction of sp³-hybridized carbons (Fsp3) is 0.286. The summed E-state index contributed by atoms with van der Waals surface area (Å²) < 4.78 is 5.23. The third-order valence-electron chi connectivity index (χ3n) is 2.10. The van der Waals surface area contributed by atoms with Crippen molar-refractivity contribution in [1.29, 1.82) is 0 Å². The highest BCUT2D eigenvalue weighted by molar-refractivity contribution is 8.13. The molecule has 0 aromatic heterocycles. The van der Waals surface area contributed by atoms with Crippen molar-refractivity contribution >= 4 is 23.2 Å². The molecular weight excluding hydrogens is 264 g/mol. The molecule has 0 amide bonds. The van der Waals surface area contributed by atoms with Gasteiger partial charge in [-0.15, -0.1) is 0 Å². The van der Waals surface area contributed by atoms with Crippen LogP contribution in [0.15, 0.2) is 12.1 Å². The quantitative estimate of drug-likeness (QED) is 0.676. The summed E-state index contributed by atoms with van der Waals surface area (Å²) in [6.45, 7) is 3.62. The summed E-state index contributed by atoms with van der Waals surface area (Å²) in [6, 6.07) is 2.94. The molecule has 0 saturated heterocycles. The second-order valence-electron chi connectivity index (χ2n) is 3.55. The highest BCUT2D eigenvalue weighted by Gasteiger charge is 2.09. The van der Waals surface area contributed by atoms with E-state index in [9.17, 15) is 14.7 Å². The van der Waals surface area contributed by atoms with Crippen molar-refractivity contribution in [2.75, 3.05) is 12.4 Å². The Kier molecular flexibility index (Phi) is 5.97. The van der Waals surface area contributed by atoms with Crippen molar-refractivity contribution in [1.82, 2.24) is 0 Å². The first-order valence-electron chi connectivity index (χ1n) is 5.65. The van der Waals surface area contributed by atoms with E-state index >= 15 is 0 Å². The van der Waals surface area contributed by atoms with Crippen LogP contribution in [0.25, 0.3) is 0 Å². The van der Waals surface area contributed by atoms with E-state index in [1.807, 2.05) is 0 Å². The molecule has 0 bridgehead atoms. The molecule has 100 valence electrons. The summed E-state index contributed by atoms with van der Waals surface area (Å²) in [5.41, 5.74) is 0.696. The van der Waals surface area contributed by atoms with Gasteiger partial charge in [0.15, 0.2) is 16.6 Å². The van der Waals surface area contributed by atoms with Gasteiger partial charge in [-0.25, -0.2) is 0 Å². The first-order valence-corrected chi connectivity index (χ1v) is 6.64. The maximum atomic E-state index is 10.8. The van der Waals surface area contributed by atoms with Crippen molar-refractivity contribution in [3.05, 3.63) is 23.3 Å². The smallest absolute Gasteiger partial charge is 0.186 e. The maximum absolute atomic E-state index is 10.8. The van der Waals surface area contributed by atoms with Crippen LogP contribution in [-0.2, 0) is 4.79 Å². The molecule has 1 aromatic carbocycles. The number of benzene rings is 1. The topological polar surface area (TPSA) is 63.6 Å². The van der Waals surface area contributed by atoms with Gasteiger partial charge in [-0.3, -0.25) is 9.59 Å².